The van der Waals surface area contributed by atoms with Gasteiger partial charge >= 0.3 is 5.97 Å². The van der Waals surface area contributed by atoms with Gasteiger partial charge in [-0.1, -0.05) is 18.0 Å². The van der Waals surface area contributed by atoms with Crippen LogP contribution >= 0.6 is 0 Å². The number of hydrogen-bond acceptors (Lipinski definition) is 3. The Morgan fingerprint density at radius 1 is 1.36 bits per heavy atom. The lowest BCUT2D eigenvalue weighted by molar-refractivity contribution is -0.143. The fourth-order valence-corrected chi connectivity index (χ4v) is 1.08. The van der Waals surface area contributed by atoms with Crippen LogP contribution in [0.5, 0.6) is 0 Å². The number of carbonyl (C=O) groups is 1. The maximum absolute atomic E-state index is 10.9. The van der Waals surface area contributed by atoms with E-state index in [4.69, 9.17) is 10.3 Å². The molecule has 0 aliphatic heterocycles. The lowest BCUT2D eigenvalue weighted by Gasteiger charge is -2.00. The van der Waals surface area contributed by atoms with Crippen LogP contribution in [0.25, 0.3) is 10.4 Å². The molecule has 0 fully saturated rings. The van der Waals surface area contributed by atoms with Crippen molar-refractivity contribution >= 4 is 5.97 Å². The zero-order valence-electron chi connectivity index (χ0n) is 8.61. The van der Waals surface area contributed by atoms with Crippen LogP contribution in [0.4, 0.5) is 0 Å². The van der Waals surface area contributed by atoms with E-state index in [2.05, 4.69) is 10.0 Å². The van der Waals surface area contributed by atoms with E-state index >= 15 is 0 Å². The molecule has 0 aliphatic rings. The third-order valence-electron chi connectivity index (χ3n) is 1.76. The Balaban J connectivity index is 3.13. The standard InChI is InChI=1S/C9H17N3O2/c1-2-14-9(13)7-5-3-4-6-8-11-12-10/h2-8H2,1H3. The number of rotatable bonds is 8. The second-order valence-corrected chi connectivity index (χ2v) is 2.92. The van der Waals surface area contributed by atoms with E-state index in [0.717, 1.165) is 25.7 Å². The number of azide groups is 1. The van der Waals surface area contributed by atoms with Crippen LogP contribution in [-0.2, 0) is 9.53 Å². The van der Waals surface area contributed by atoms with Crippen molar-refractivity contribution in [3.63, 3.8) is 0 Å². The zero-order valence-corrected chi connectivity index (χ0v) is 8.61. The van der Waals surface area contributed by atoms with Crippen molar-refractivity contribution in [1.82, 2.24) is 0 Å². The summed E-state index contributed by atoms with van der Waals surface area (Å²) in [6.45, 7) is 2.81. The van der Waals surface area contributed by atoms with Crippen molar-refractivity contribution in [3.05, 3.63) is 10.4 Å². The molecule has 0 bridgehead atoms. The Kier molecular flexibility index (Phi) is 9.01. The van der Waals surface area contributed by atoms with E-state index in [0.29, 0.717) is 19.6 Å². The number of esters is 1. The van der Waals surface area contributed by atoms with Crippen molar-refractivity contribution in [2.75, 3.05) is 13.2 Å². The number of ether oxygens (including phenoxy) is 1. The second-order valence-electron chi connectivity index (χ2n) is 2.92. The third-order valence-corrected chi connectivity index (χ3v) is 1.76. The molecule has 0 atom stereocenters. The summed E-state index contributed by atoms with van der Waals surface area (Å²) in [6.07, 6.45) is 4.23. The first kappa shape index (κ1) is 12.8. The van der Waals surface area contributed by atoms with Crippen LogP contribution in [0.2, 0.25) is 0 Å². The Bertz CT molecular complexity index is 200. The summed E-state index contributed by atoms with van der Waals surface area (Å²) >= 11 is 0. The molecule has 5 heteroatoms. The third kappa shape index (κ3) is 8.87. The van der Waals surface area contributed by atoms with Gasteiger partial charge in [-0.25, -0.2) is 0 Å². The summed E-state index contributed by atoms with van der Waals surface area (Å²) in [5.41, 5.74) is 8.00. The van der Waals surface area contributed by atoms with Gasteiger partial charge in [-0.2, -0.15) is 0 Å². The highest BCUT2D eigenvalue weighted by molar-refractivity contribution is 5.69. The quantitative estimate of drug-likeness (QED) is 0.198. The largest absolute Gasteiger partial charge is 0.466 e. The maximum Gasteiger partial charge on any atom is 0.305 e. The molecule has 0 amide bonds. The monoisotopic (exact) mass is 199 g/mol. The van der Waals surface area contributed by atoms with Crippen LogP contribution in [0.15, 0.2) is 5.11 Å². The molecule has 0 heterocycles. The first-order chi connectivity index (χ1) is 6.81. The van der Waals surface area contributed by atoms with E-state index in [1.165, 1.54) is 0 Å². The molecule has 0 N–H and O–H groups in total. The van der Waals surface area contributed by atoms with Gasteiger partial charge in [0.25, 0.3) is 0 Å². The number of nitrogens with zero attached hydrogens (tertiary/aromatic N) is 3. The average molecular weight is 199 g/mol. The lowest BCUT2D eigenvalue weighted by atomic mass is 10.1. The molecule has 0 spiro atoms. The smallest absolute Gasteiger partial charge is 0.305 e. The van der Waals surface area contributed by atoms with Gasteiger partial charge in [-0.15, -0.1) is 0 Å². The van der Waals surface area contributed by atoms with E-state index < -0.39 is 0 Å². The van der Waals surface area contributed by atoms with Crippen molar-refractivity contribution < 1.29 is 9.53 Å². The summed E-state index contributed by atoms with van der Waals surface area (Å²) in [7, 11) is 0. The minimum absolute atomic E-state index is 0.123. The fourth-order valence-electron chi connectivity index (χ4n) is 1.08. The fraction of sp³-hybridized carbons (Fsp3) is 0.889. The molecule has 0 aromatic heterocycles. The van der Waals surface area contributed by atoms with Gasteiger partial charge in [-0.3, -0.25) is 4.79 Å². The van der Waals surface area contributed by atoms with Crippen molar-refractivity contribution in [2.45, 2.75) is 39.0 Å². The molecule has 14 heavy (non-hydrogen) atoms. The number of carbonyl (C=O) groups excluding carboxylic acids is 1. The molecule has 0 saturated heterocycles. The molecule has 0 unspecified atom stereocenters. The molecule has 0 radical (unpaired) electrons. The Morgan fingerprint density at radius 3 is 2.71 bits per heavy atom. The molecule has 0 saturated carbocycles. The highest BCUT2D eigenvalue weighted by Crippen LogP contribution is 2.04. The molecule has 5 nitrogen and oxygen atoms in total. The predicted molar refractivity (Wildman–Crippen MR) is 53.7 cm³/mol. The van der Waals surface area contributed by atoms with Gasteiger partial charge in [0.05, 0.1) is 6.61 Å². The molecule has 0 aliphatic carbocycles. The lowest BCUT2D eigenvalue weighted by Crippen LogP contribution is -2.03. The number of hydrogen-bond donors (Lipinski definition) is 0. The Morgan fingerprint density at radius 2 is 2.07 bits per heavy atom. The van der Waals surface area contributed by atoms with E-state index in [1.54, 1.807) is 6.92 Å². The maximum atomic E-state index is 10.9. The summed E-state index contributed by atoms with van der Waals surface area (Å²) in [5.74, 6) is -0.123. The van der Waals surface area contributed by atoms with Gasteiger partial charge in [0.2, 0.25) is 0 Å². The second kappa shape index (κ2) is 9.86. The SMILES string of the molecule is CCOC(=O)CCCCCCN=[N+]=[N-]. The molecule has 0 rings (SSSR count). The van der Waals surface area contributed by atoms with E-state index in [-0.39, 0.29) is 5.97 Å². The van der Waals surface area contributed by atoms with Crippen LogP contribution in [0, 0.1) is 0 Å². The van der Waals surface area contributed by atoms with Crippen molar-refractivity contribution in [2.24, 2.45) is 5.11 Å². The average Bonchev–Trinajstić information content (AvgIpc) is 2.17. The van der Waals surface area contributed by atoms with Crippen molar-refractivity contribution in [3.8, 4) is 0 Å². The summed E-state index contributed by atoms with van der Waals surface area (Å²) < 4.78 is 4.78. The van der Waals surface area contributed by atoms with Crippen LogP contribution in [0.3, 0.4) is 0 Å². The predicted octanol–water partition coefficient (Wildman–Crippen LogP) is 2.81. The van der Waals surface area contributed by atoms with Gasteiger partial charge in [0.1, 0.15) is 0 Å². The Labute approximate surface area is 84.1 Å². The molecular formula is C9H17N3O2. The van der Waals surface area contributed by atoms with Crippen LogP contribution in [-0.4, -0.2) is 19.1 Å². The van der Waals surface area contributed by atoms with Gasteiger partial charge in [0.15, 0.2) is 0 Å². The summed E-state index contributed by atoms with van der Waals surface area (Å²) in [5, 5.41) is 3.42. The van der Waals surface area contributed by atoms with Crippen LogP contribution < -0.4 is 0 Å². The summed E-state index contributed by atoms with van der Waals surface area (Å²) in [4.78, 5) is 13.5. The molecule has 0 aromatic carbocycles. The van der Waals surface area contributed by atoms with Gasteiger partial charge in [-0.05, 0) is 25.3 Å². The minimum atomic E-state index is -0.123. The Hall–Kier alpha value is -1.22. The molecule has 0 aromatic rings. The topological polar surface area (TPSA) is 75.1 Å². The minimum Gasteiger partial charge on any atom is -0.466 e. The zero-order chi connectivity index (χ0) is 10.6. The summed E-state index contributed by atoms with van der Waals surface area (Å²) in [6, 6.07) is 0. The van der Waals surface area contributed by atoms with Gasteiger partial charge < -0.3 is 4.74 Å². The van der Waals surface area contributed by atoms with Crippen LogP contribution in [0.1, 0.15) is 39.0 Å². The van der Waals surface area contributed by atoms with Gasteiger partial charge in [0, 0.05) is 17.9 Å². The number of unbranched alkanes of at least 4 members (excludes halogenated alkanes) is 3. The molecular weight excluding hydrogens is 182 g/mol. The first-order valence-corrected chi connectivity index (χ1v) is 4.97. The molecule has 80 valence electrons. The normalized spacial score (nSPS) is 9.21. The van der Waals surface area contributed by atoms with E-state index in [9.17, 15) is 4.79 Å². The van der Waals surface area contributed by atoms with E-state index in [1.807, 2.05) is 0 Å². The van der Waals surface area contributed by atoms with Crippen molar-refractivity contribution in [1.29, 1.82) is 0 Å². The highest BCUT2D eigenvalue weighted by atomic mass is 16.5. The highest BCUT2D eigenvalue weighted by Gasteiger charge is 1.99. The first-order valence-electron chi connectivity index (χ1n) is 4.97.